The highest BCUT2D eigenvalue weighted by atomic mass is 32.1. The van der Waals surface area contributed by atoms with Crippen molar-refractivity contribution in [2.45, 2.75) is 25.8 Å². The van der Waals surface area contributed by atoms with Gasteiger partial charge < -0.3 is 14.8 Å². The Morgan fingerprint density at radius 1 is 1.35 bits per heavy atom. The summed E-state index contributed by atoms with van der Waals surface area (Å²) in [5, 5.41) is 6.20. The van der Waals surface area contributed by atoms with Gasteiger partial charge in [0.1, 0.15) is 10.8 Å². The number of hydrogen-bond donors (Lipinski definition) is 1. The van der Waals surface area contributed by atoms with E-state index in [1.807, 2.05) is 57.8 Å². The van der Waals surface area contributed by atoms with Crippen LogP contribution in [-0.2, 0) is 6.54 Å². The molecule has 1 aliphatic rings. The molecule has 0 radical (unpaired) electrons. The molecule has 6 nitrogen and oxygen atoms in total. The first-order valence-corrected chi connectivity index (χ1v) is 11.3. The van der Waals surface area contributed by atoms with E-state index in [4.69, 9.17) is 4.98 Å². The zero-order chi connectivity index (χ0) is 21.8. The number of rotatable bonds is 7. The summed E-state index contributed by atoms with van der Waals surface area (Å²) >= 11 is 1.64. The normalized spacial score (nSPS) is 16.7. The summed E-state index contributed by atoms with van der Waals surface area (Å²) in [5.74, 6) is 1.51. The lowest BCUT2D eigenvalue weighted by Gasteiger charge is -2.10. The molecule has 3 aromatic rings. The van der Waals surface area contributed by atoms with Crippen LogP contribution in [0.2, 0.25) is 0 Å². The van der Waals surface area contributed by atoms with E-state index >= 15 is 0 Å². The maximum Gasteiger partial charge on any atom is 0.127 e. The highest BCUT2D eigenvalue weighted by molar-refractivity contribution is 7.11. The van der Waals surface area contributed by atoms with Crippen LogP contribution in [-0.4, -0.2) is 46.3 Å². The van der Waals surface area contributed by atoms with Gasteiger partial charge in [0.2, 0.25) is 0 Å². The Morgan fingerprint density at radius 2 is 2.23 bits per heavy atom. The van der Waals surface area contributed by atoms with Crippen molar-refractivity contribution < 1.29 is 0 Å². The van der Waals surface area contributed by atoms with E-state index in [0.717, 1.165) is 46.3 Å². The molecule has 2 aromatic heterocycles. The third-order valence-corrected chi connectivity index (χ3v) is 6.22. The molecule has 3 heterocycles. The molecule has 4 rings (SSSR count). The zero-order valence-electron chi connectivity index (χ0n) is 18.4. The van der Waals surface area contributed by atoms with E-state index in [2.05, 4.69) is 55.7 Å². The van der Waals surface area contributed by atoms with Crippen molar-refractivity contribution in [2.24, 2.45) is 4.99 Å². The van der Waals surface area contributed by atoms with E-state index in [0.29, 0.717) is 5.92 Å². The number of nitrogens with one attached hydrogen (secondary N) is 1. The van der Waals surface area contributed by atoms with Crippen LogP contribution >= 0.6 is 11.3 Å². The molecular formula is C24H28N6S. The Morgan fingerprint density at radius 3 is 3.03 bits per heavy atom. The van der Waals surface area contributed by atoms with Gasteiger partial charge in [-0.25, -0.2) is 9.97 Å². The van der Waals surface area contributed by atoms with Crippen LogP contribution in [0.5, 0.6) is 0 Å². The predicted octanol–water partition coefficient (Wildman–Crippen LogP) is 4.60. The predicted molar refractivity (Wildman–Crippen MR) is 129 cm³/mol. The van der Waals surface area contributed by atoms with Crippen molar-refractivity contribution in [1.82, 2.24) is 24.8 Å². The molecule has 0 saturated carbocycles. The van der Waals surface area contributed by atoms with Gasteiger partial charge in [0.25, 0.3) is 0 Å². The monoisotopic (exact) mass is 432 g/mol. The number of nitrogens with zero attached hydrogens (tertiary/aromatic N) is 5. The summed E-state index contributed by atoms with van der Waals surface area (Å²) in [6, 6.07) is 8.71. The summed E-state index contributed by atoms with van der Waals surface area (Å²) in [6.07, 6.45) is 10.8. The van der Waals surface area contributed by atoms with E-state index < -0.39 is 0 Å². The first kappa shape index (κ1) is 21.1. The van der Waals surface area contributed by atoms with Crippen molar-refractivity contribution in [3.63, 3.8) is 0 Å². The first-order chi connectivity index (χ1) is 15.1. The smallest absolute Gasteiger partial charge is 0.127 e. The average Bonchev–Trinajstić information content (AvgIpc) is 3.48. The summed E-state index contributed by atoms with van der Waals surface area (Å²) in [6.45, 7) is 3.04. The molecule has 0 bridgehead atoms. The number of fused-ring (bicyclic) bond motifs is 1. The zero-order valence-corrected chi connectivity index (χ0v) is 19.2. The fraction of sp³-hybridized carbons (Fsp3) is 0.292. The van der Waals surface area contributed by atoms with Gasteiger partial charge in [0.15, 0.2) is 0 Å². The van der Waals surface area contributed by atoms with Gasteiger partial charge in [-0.1, -0.05) is 18.2 Å². The van der Waals surface area contributed by atoms with Gasteiger partial charge in [-0.05, 0) is 25.0 Å². The van der Waals surface area contributed by atoms with Crippen LogP contribution in [0.25, 0.3) is 16.8 Å². The van der Waals surface area contributed by atoms with Crippen molar-refractivity contribution in [3.05, 3.63) is 77.0 Å². The molecule has 1 aliphatic heterocycles. The molecule has 7 heteroatoms. The van der Waals surface area contributed by atoms with Crippen LogP contribution < -0.4 is 5.32 Å². The maximum atomic E-state index is 4.94. The number of benzene rings is 1. The summed E-state index contributed by atoms with van der Waals surface area (Å²) in [4.78, 5) is 16.0. The number of aryl methyl sites for hydroxylation is 1. The second-order valence-electron chi connectivity index (χ2n) is 7.81. The molecule has 160 valence electrons. The summed E-state index contributed by atoms with van der Waals surface area (Å²) in [5.41, 5.74) is 5.34. The second-order valence-corrected chi connectivity index (χ2v) is 8.66. The Hall–Kier alpha value is -3.19. The van der Waals surface area contributed by atoms with Gasteiger partial charge in [-0.3, -0.25) is 4.99 Å². The Bertz CT molecular complexity index is 1130. The molecule has 0 saturated heterocycles. The summed E-state index contributed by atoms with van der Waals surface area (Å²) < 4.78 is 2.25. The summed E-state index contributed by atoms with van der Waals surface area (Å²) in [7, 11) is 5.85. The Labute approximate surface area is 187 Å². The number of aliphatic imine (C=N–C) groups is 1. The van der Waals surface area contributed by atoms with Gasteiger partial charge >= 0.3 is 0 Å². The lowest BCUT2D eigenvalue weighted by atomic mass is 9.95. The van der Waals surface area contributed by atoms with Crippen molar-refractivity contribution >= 4 is 22.6 Å². The molecule has 0 aliphatic carbocycles. The van der Waals surface area contributed by atoms with Crippen LogP contribution in [0.4, 0.5) is 0 Å². The fourth-order valence-electron chi connectivity index (χ4n) is 3.79. The standard InChI is InChI=1S/C24H28N6S/c1-17(26-9-12-29(3)4)21(15-25-2)24-28-22(16-31-24)19-7-5-6-18(14-19)20-8-11-30-13-10-27-23(20)30/h5-7,9-10,12-16,20,25H,8,11H2,1-4H3/b12-9-,21-15+,26-17+. The number of aromatic nitrogens is 3. The van der Waals surface area contributed by atoms with Crippen LogP contribution in [0.1, 0.15) is 35.7 Å². The topological polar surface area (TPSA) is 58.3 Å². The number of allylic oxidation sites excluding steroid dienone is 1. The van der Waals surface area contributed by atoms with E-state index in [9.17, 15) is 0 Å². The fourth-order valence-corrected chi connectivity index (χ4v) is 4.69. The molecule has 0 amide bonds. The molecular weight excluding hydrogens is 404 g/mol. The van der Waals surface area contributed by atoms with Gasteiger partial charge in [0.05, 0.1) is 5.69 Å². The Kier molecular flexibility index (Phi) is 6.32. The Balaban J connectivity index is 1.60. The minimum absolute atomic E-state index is 0.352. The van der Waals surface area contributed by atoms with Gasteiger partial charge in [0, 0.05) is 86.8 Å². The third-order valence-electron chi connectivity index (χ3n) is 5.35. The maximum absolute atomic E-state index is 4.94. The van der Waals surface area contributed by atoms with E-state index in [1.54, 1.807) is 11.3 Å². The van der Waals surface area contributed by atoms with Crippen LogP contribution in [0.15, 0.2) is 65.6 Å². The SMILES string of the molecule is CN\C=C(/C(C)=N/C=C\N(C)C)c1nc(-c2cccc(C3CCn4ccnc43)c2)cs1. The second kappa shape index (κ2) is 9.31. The molecule has 0 spiro atoms. The largest absolute Gasteiger partial charge is 0.393 e. The van der Waals surface area contributed by atoms with Crippen molar-refractivity contribution in [3.8, 4) is 11.3 Å². The molecule has 31 heavy (non-hydrogen) atoms. The highest BCUT2D eigenvalue weighted by Crippen LogP contribution is 2.35. The lowest BCUT2D eigenvalue weighted by Crippen LogP contribution is -2.04. The highest BCUT2D eigenvalue weighted by Gasteiger charge is 2.25. The van der Waals surface area contributed by atoms with E-state index in [1.165, 1.54) is 5.56 Å². The number of imidazole rings is 1. The van der Waals surface area contributed by atoms with Crippen LogP contribution in [0, 0.1) is 0 Å². The minimum atomic E-state index is 0.352. The molecule has 1 aromatic carbocycles. The molecule has 1 atom stereocenters. The van der Waals surface area contributed by atoms with Crippen LogP contribution in [0.3, 0.4) is 0 Å². The lowest BCUT2D eigenvalue weighted by molar-refractivity contribution is 0.562. The van der Waals surface area contributed by atoms with Crippen molar-refractivity contribution in [2.75, 3.05) is 21.1 Å². The number of thiazole rings is 1. The quantitative estimate of drug-likeness (QED) is 0.555. The number of hydrogen-bond acceptors (Lipinski definition) is 6. The van der Waals surface area contributed by atoms with E-state index in [-0.39, 0.29) is 0 Å². The average molecular weight is 433 g/mol. The molecule has 0 fully saturated rings. The third kappa shape index (κ3) is 4.61. The van der Waals surface area contributed by atoms with Crippen molar-refractivity contribution in [1.29, 1.82) is 0 Å². The van der Waals surface area contributed by atoms with Gasteiger partial charge in [-0.2, -0.15) is 0 Å². The molecule has 1 unspecified atom stereocenters. The first-order valence-electron chi connectivity index (χ1n) is 10.4. The minimum Gasteiger partial charge on any atom is -0.393 e. The van der Waals surface area contributed by atoms with Gasteiger partial charge in [-0.15, -0.1) is 11.3 Å². The molecule has 1 N–H and O–H groups in total.